The van der Waals surface area contributed by atoms with Gasteiger partial charge in [0.2, 0.25) is 0 Å². The molecule has 2 nitrogen and oxygen atoms in total. The van der Waals surface area contributed by atoms with Crippen LogP contribution in [0.25, 0.3) is 0 Å². The number of aryl methyl sites for hydroxylation is 2. The lowest BCUT2D eigenvalue weighted by molar-refractivity contribution is 0.373. The molecule has 3 rings (SSSR count). The van der Waals surface area contributed by atoms with Crippen LogP contribution < -0.4 is 10.1 Å². The average molecular weight is 281 g/mol. The Morgan fingerprint density at radius 2 is 1.57 bits per heavy atom. The largest absolute Gasteiger partial charge is 0.497 e. The molecule has 2 aromatic carbocycles. The zero-order valence-electron chi connectivity index (χ0n) is 13.0. The van der Waals surface area contributed by atoms with Crippen molar-refractivity contribution in [2.24, 2.45) is 0 Å². The van der Waals surface area contributed by atoms with Gasteiger partial charge in [-0.1, -0.05) is 18.2 Å². The van der Waals surface area contributed by atoms with E-state index >= 15 is 0 Å². The van der Waals surface area contributed by atoms with E-state index in [9.17, 15) is 0 Å². The van der Waals surface area contributed by atoms with Crippen molar-refractivity contribution in [2.75, 3.05) is 12.4 Å². The van der Waals surface area contributed by atoms with Crippen LogP contribution >= 0.6 is 0 Å². The minimum absolute atomic E-state index is 0.596. The Morgan fingerprint density at radius 1 is 0.952 bits per heavy atom. The molecule has 0 aromatic heterocycles. The third-order valence-electron chi connectivity index (χ3n) is 4.32. The van der Waals surface area contributed by atoms with E-state index in [4.69, 9.17) is 4.74 Å². The van der Waals surface area contributed by atoms with Crippen molar-refractivity contribution >= 4 is 5.69 Å². The van der Waals surface area contributed by atoms with E-state index in [2.05, 4.69) is 61.6 Å². The predicted molar refractivity (Wildman–Crippen MR) is 88.3 cm³/mol. The van der Waals surface area contributed by atoms with Crippen LogP contribution in [0.5, 0.6) is 5.75 Å². The van der Waals surface area contributed by atoms with E-state index in [1.54, 1.807) is 7.11 Å². The van der Waals surface area contributed by atoms with Gasteiger partial charge in [-0.3, -0.25) is 0 Å². The van der Waals surface area contributed by atoms with E-state index < -0.39 is 0 Å². The van der Waals surface area contributed by atoms with Gasteiger partial charge >= 0.3 is 0 Å². The molecule has 110 valence electrons. The third-order valence-corrected chi connectivity index (χ3v) is 4.32. The molecule has 2 heteroatoms. The molecule has 1 aliphatic rings. The highest BCUT2D eigenvalue weighted by Crippen LogP contribution is 2.39. The number of nitrogens with one attached hydrogen (secondary N) is 1. The first-order chi connectivity index (χ1) is 10.1. The highest BCUT2D eigenvalue weighted by Gasteiger charge is 2.30. The zero-order chi connectivity index (χ0) is 14.8. The molecule has 0 aliphatic heterocycles. The molecule has 0 atom stereocenters. The summed E-state index contributed by atoms with van der Waals surface area (Å²) in [7, 11) is 1.71. The lowest BCUT2D eigenvalue weighted by Crippen LogP contribution is -2.34. The molecule has 0 heterocycles. The van der Waals surface area contributed by atoms with Gasteiger partial charge in [-0.05, 0) is 73.6 Å². The molecular weight excluding hydrogens is 258 g/mol. The topological polar surface area (TPSA) is 21.3 Å². The Bertz CT molecular complexity index is 592. The second-order valence-electron chi connectivity index (χ2n) is 6.16. The molecule has 0 spiro atoms. The maximum Gasteiger partial charge on any atom is 0.118 e. The van der Waals surface area contributed by atoms with Crippen molar-refractivity contribution in [1.29, 1.82) is 0 Å². The van der Waals surface area contributed by atoms with Crippen LogP contribution in [-0.2, 0) is 0 Å². The van der Waals surface area contributed by atoms with Gasteiger partial charge in [-0.15, -0.1) is 0 Å². The van der Waals surface area contributed by atoms with Crippen LogP contribution in [0, 0.1) is 13.8 Å². The van der Waals surface area contributed by atoms with Crippen molar-refractivity contribution in [1.82, 2.24) is 0 Å². The van der Waals surface area contributed by atoms with Crippen LogP contribution in [0.4, 0.5) is 5.69 Å². The smallest absolute Gasteiger partial charge is 0.118 e. The second-order valence-corrected chi connectivity index (χ2v) is 6.16. The van der Waals surface area contributed by atoms with Crippen LogP contribution in [0.15, 0.2) is 42.5 Å². The van der Waals surface area contributed by atoms with Gasteiger partial charge in [0.15, 0.2) is 0 Å². The maximum atomic E-state index is 5.21. The first kappa shape index (κ1) is 14.0. The van der Waals surface area contributed by atoms with Crippen LogP contribution in [0.1, 0.15) is 35.4 Å². The normalized spacial score (nSPS) is 20.7. The molecular formula is C19H23NO. The zero-order valence-corrected chi connectivity index (χ0v) is 13.0. The highest BCUT2D eigenvalue weighted by molar-refractivity contribution is 5.49. The lowest BCUT2D eigenvalue weighted by Gasteiger charge is -2.37. The summed E-state index contributed by atoms with van der Waals surface area (Å²) in [6.45, 7) is 4.30. The van der Waals surface area contributed by atoms with E-state index in [0.29, 0.717) is 12.0 Å². The number of methoxy groups -OCH3 is 1. The first-order valence-electron chi connectivity index (χ1n) is 7.63. The number of hydrogen-bond donors (Lipinski definition) is 1. The van der Waals surface area contributed by atoms with Crippen molar-refractivity contribution in [3.63, 3.8) is 0 Å². The van der Waals surface area contributed by atoms with Gasteiger partial charge in [-0.25, -0.2) is 0 Å². The molecule has 0 bridgehead atoms. The summed E-state index contributed by atoms with van der Waals surface area (Å²) in [4.78, 5) is 0. The monoisotopic (exact) mass is 281 g/mol. The van der Waals surface area contributed by atoms with Crippen molar-refractivity contribution in [3.8, 4) is 5.75 Å². The third kappa shape index (κ3) is 3.21. The van der Waals surface area contributed by atoms with E-state index in [1.165, 1.54) is 35.2 Å². The molecule has 1 fully saturated rings. The second kappa shape index (κ2) is 5.80. The van der Waals surface area contributed by atoms with E-state index in [-0.39, 0.29) is 0 Å². The van der Waals surface area contributed by atoms with Gasteiger partial charge in [-0.2, -0.15) is 0 Å². The summed E-state index contributed by atoms with van der Waals surface area (Å²) >= 11 is 0. The SMILES string of the molecule is COc1ccc(C2CC(Nc3cc(C)cc(C)c3)C2)cc1. The standard InChI is InChI=1S/C19H23NO/c1-13-8-14(2)10-17(9-13)20-18-11-16(12-18)15-4-6-19(21-3)7-5-15/h4-10,16,18,20H,11-12H2,1-3H3. The minimum atomic E-state index is 0.596. The molecule has 0 amide bonds. The lowest BCUT2D eigenvalue weighted by atomic mass is 9.76. The van der Waals surface area contributed by atoms with Gasteiger partial charge in [0.1, 0.15) is 5.75 Å². The van der Waals surface area contributed by atoms with Crippen molar-refractivity contribution in [3.05, 3.63) is 59.2 Å². The van der Waals surface area contributed by atoms with Gasteiger partial charge < -0.3 is 10.1 Å². The number of ether oxygens (including phenoxy) is 1. The Balaban J connectivity index is 1.57. The number of anilines is 1. The molecule has 1 saturated carbocycles. The Kier molecular flexibility index (Phi) is 3.87. The predicted octanol–water partition coefficient (Wildman–Crippen LogP) is 4.67. The molecule has 2 aromatic rings. The maximum absolute atomic E-state index is 5.21. The van der Waals surface area contributed by atoms with Gasteiger partial charge in [0, 0.05) is 11.7 Å². The van der Waals surface area contributed by atoms with Gasteiger partial charge in [0.25, 0.3) is 0 Å². The molecule has 1 N–H and O–H groups in total. The fourth-order valence-electron chi connectivity index (χ4n) is 3.18. The molecule has 1 aliphatic carbocycles. The Hall–Kier alpha value is -1.96. The van der Waals surface area contributed by atoms with E-state index in [0.717, 1.165) is 5.75 Å². The summed E-state index contributed by atoms with van der Waals surface area (Å²) in [5.41, 5.74) is 5.33. The number of benzene rings is 2. The molecule has 0 radical (unpaired) electrons. The highest BCUT2D eigenvalue weighted by atomic mass is 16.5. The van der Waals surface area contributed by atoms with Gasteiger partial charge in [0.05, 0.1) is 7.11 Å². The van der Waals surface area contributed by atoms with Crippen molar-refractivity contribution in [2.45, 2.75) is 38.6 Å². The first-order valence-corrected chi connectivity index (χ1v) is 7.63. The number of rotatable bonds is 4. The van der Waals surface area contributed by atoms with Crippen LogP contribution in [0.2, 0.25) is 0 Å². The fraction of sp³-hybridized carbons (Fsp3) is 0.368. The summed E-state index contributed by atoms with van der Waals surface area (Å²) in [6.07, 6.45) is 2.42. The quantitative estimate of drug-likeness (QED) is 0.879. The number of hydrogen-bond acceptors (Lipinski definition) is 2. The summed E-state index contributed by atoms with van der Waals surface area (Å²) in [6, 6.07) is 15.8. The summed E-state index contributed by atoms with van der Waals surface area (Å²) < 4.78 is 5.21. The minimum Gasteiger partial charge on any atom is -0.497 e. The summed E-state index contributed by atoms with van der Waals surface area (Å²) in [5.74, 6) is 1.61. The van der Waals surface area contributed by atoms with Crippen LogP contribution in [-0.4, -0.2) is 13.2 Å². The molecule has 0 saturated heterocycles. The Morgan fingerprint density at radius 3 is 2.14 bits per heavy atom. The molecule has 0 unspecified atom stereocenters. The van der Waals surface area contributed by atoms with Crippen LogP contribution in [0.3, 0.4) is 0 Å². The van der Waals surface area contributed by atoms with E-state index in [1.807, 2.05) is 0 Å². The summed E-state index contributed by atoms with van der Waals surface area (Å²) in [5, 5.41) is 3.66. The van der Waals surface area contributed by atoms with Crippen molar-refractivity contribution < 1.29 is 4.74 Å². The Labute approximate surface area is 127 Å². The fourth-order valence-corrected chi connectivity index (χ4v) is 3.18. The molecule has 21 heavy (non-hydrogen) atoms. The average Bonchev–Trinajstić information content (AvgIpc) is 2.41.